The Bertz CT molecular complexity index is 659. The standard InChI is InChI=1S/C17H24N6O/c1-17(6-3-9-24-17)12-22-16(18-2)21-11-14-4-5-15(20-10-14)23-8-7-19-13-23/h4-5,7-8,10,13H,3,6,9,11-12H2,1-2H3,(H2,18,21,22). The van der Waals surface area contributed by atoms with Crippen molar-refractivity contribution in [1.29, 1.82) is 0 Å². The fraction of sp³-hybridized carbons (Fsp3) is 0.471. The molecule has 3 rings (SSSR count). The molecule has 2 aromatic rings. The monoisotopic (exact) mass is 328 g/mol. The van der Waals surface area contributed by atoms with Gasteiger partial charge in [-0.2, -0.15) is 0 Å². The van der Waals surface area contributed by atoms with Crippen LogP contribution in [0.4, 0.5) is 0 Å². The number of nitrogens with one attached hydrogen (secondary N) is 2. The molecule has 1 atom stereocenters. The molecule has 1 fully saturated rings. The molecule has 0 radical (unpaired) electrons. The van der Waals surface area contributed by atoms with E-state index in [1.165, 1.54) is 0 Å². The highest BCUT2D eigenvalue weighted by atomic mass is 16.5. The third kappa shape index (κ3) is 4.11. The largest absolute Gasteiger partial charge is 0.373 e. The molecule has 1 aliphatic rings. The van der Waals surface area contributed by atoms with Crippen molar-refractivity contribution >= 4 is 5.96 Å². The molecule has 0 saturated carbocycles. The van der Waals surface area contributed by atoms with Crippen LogP contribution >= 0.6 is 0 Å². The maximum absolute atomic E-state index is 5.78. The van der Waals surface area contributed by atoms with Gasteiger partial charge < -0.3 is 15.4 Å². The molecular weight excluding hydrogens is 304 g/mol. The van der Waals surface area contributed by atoms with Crippen LogP contribution in [-0.4, -0.2) is 46.3 Å². The van der Waals surface area contributed by atoms with E-state index in [1.54, 1.807) is 19.6 Å². The van der Waals surface area contributed by atoms with Crippen LogP contribution in [0.25, 0.3) is 5.82 Å². The van der Waals surface area contributed by atoms with Crippen molar-refractivity contribution in [2.45, 2.75) is 31.9 Å². The van der Waals surface area contributed by atoms with Crippen LogP contribution in [0.5, 0.6) is 0 Å². The number of pyridine rings is 1. The van der Waals surface area contributed by atoms with Gasteiger partial charge in [-0.25, -0.2) is 9.97 Å². The summed E-state index contributed by atoms with van der Waals surface area (Å²) in [5, 5.41) is 6.64. The van der Waals surface area contributed by atoms with Crippen LogP contribution in [0, 0.1) is 0 Å². The molecule has 7 heteroatoms. The molecule has 1 saturated heterocycles. The lowest BCUT2D eigenvalue weighted by atomic mass is 10.0. The maximum Gasteiger partial charge on any atom is 0.191 e. The van der Waals surface area contributed by atoms with Gasteiger partial charge in [-0.15, -0.1) is 0 Å². The van der Waals surface area contributed by atoms with Gasteiger partial charge in [0.2, 0.25) is 0 Å². The second-order valence-corrected chi connectivity index (χ2v) is 6.18. The average Bonchev–Trinajstić information content (AvgIpc) is 3.28. The minimum absolute atomic E-state index is 0.0916. The Morgan fingerprint density at radius 1 is 1.42 bits per heavy atom. The smallest absolute Gasteiger partial charge is 0.191 e. The van der Waals surface area contributed by atoms with Crippen LogP contribution in [0.2, 0.25) is 0 Å². The van der Waals surface area contributed by atoms with E-state index in [0.29, 0.717) is 6.54 Å². The Balaban J connectivity index is 1.50. The van der Waals surface area contributed by atoms with Gasteiger partial charge in [-0.1, -0.05) is 6.07 Å². The van der Waals surface area contributed by atoms with E-state index in [2.05, 4.69) is 32.5 Å². The van der Waals surface area contributed by atoms with Gasteiger partial charge in [0.15, 0.2) is 5.96 Å². The predicted molar refractivity (Wildman–Crippen MR) is 93.2 cm³/mol. The third-order valence-electron chi connectivity index (χ3n) is 4.19. The van der Waals surface area contributed by atoms with E-state index >= 15 is 0 Å². The molecule has 7 nitrogen and oxygen atoms in total. The van der Waals surface area contributed by atoms with Gasteiger partial charge in [0.25, 0.3) is 0 Å². The van der Waals surface area contributed by atoms with Crippen molar-refractivity contribution < 1.29 is 4.74 Å². The molecule has 0 spiro atoms. The average molecular weight is 328 g/mol. The quantitative estimate of drug-likeness (QED) is 0.642. The van der Waals surface area contributed by atoms with E-state index < -0.39 is 0 Å². The first-order chi connectivity index (χ1) is 11.7. The van der Waals surface area contributed by atoms with Crippen LogP contribution in [0.3, 0.4) is 0 Å². The molecule has 2 aromatic heterocycles. The number of imidazole rings is 1. The topological polar surface area (TPSA) is 76.4 Å². The molecule has 0 bridgehead atoms. The van der Waals surface area contributed by atoms with E-state index in [4.69, 9.17) is 4.74 Å². The van der Waals surface area contributed by atoms with E-state index in [9.17, 15) is 0 Å². The summed E-state index contributed by atoms with van der Waals surface area (Å²) in [6.45, 7) is 4.40. The lowest BCUT2D eigenvalue weighted by Gasteiger charge is -2.24. The van der Waals surface area contributed by atoms with Crippen molar-refractivity contribution in [2.75, 3.05) is 20.2 Å². The first kappa shape index (κ1) is 16.4. The van der Waals surface area contributed by atoms with Gasteiger partial charge in [0.1, 0.15) is 12.1 Å². The molecule has 2 N–H and O–H groups in total. The highest BCUT2D eigenvalue weighted by molar-refractivity contribution is 5.79. The number of nitrogens with zero attached hydrogens (tertiary/aromatic N) is 4. The van der Waals surface area contributed by atoms with Gasteiger partial charge >= 0.3 is 0 Å². The fourth-order valence-electron chi connectivity index (χ4n) is 2.72. The Labute approximate surface area is 142 Å². The second kappa shape index (κ2) is 7.44. The van der Waals surface area contributed by atoms with E-state index in [1.807, 2.05) is 29.1 Å². The summed E-state index contributed by atoms with van der Waals surface area (Å²) < 4.78 is 7.66. The summed E-state index contributed by atoms with van der Waals surface area (Å²) in [5.41, 5.74) is 0.996. The van der Waals surface area contributed by atoms with Gasteiger partial charge in [0.05, 0.1) is 5.60 Å². The van der Waals surface area contributed by atoms with Crippen molar-refractivity contribution in [2.24, 2.45) is 4.99 Å². The van der Waals surface area contributed by atoms with Crippen molar-refractivity contribution in [3.8, 4) is 5.82 Å². The van der Waals surface area contributed by atoms with Gasteiger partial charge in [-0.3, -0.25) is 9.56 Å². The Kier molecular flexibility index (Phi) is 5.10. The summed E-state index contributed by atoms with van der Waals surface area (Å²) in [7, 11) is 1.77. The zero-order valence-electron chi connectivity index (χ0n) is 14.2. The Morgan fingerprint density at radius 3 is 2.96 bits per heavy atom. The summed E-state index contributed by atoms with van der Waals surface area (Å²) in [5.74, 6) is 1.62. The molecule has 128 valence electrons. The number of ether oxygens (including phenoxy) is 1. The predicted octanol–water partition coefficient (Wildman–Crippen LogP) is 1.50. The van der Waals surface area contributed by atoms with Crippen molar-refractivity contribution in [3.63, 3.8) is 0 Å². The Hall–Kier alpha value is -2.41. The SMILES string of the molecule is CN=C(NCc1ccc(-n2ccnc2)nc1)NCC1(C)CCCO1. The molecule has 3 heterocycles. The number of aromatic nitrogens is 3. The molecular formula is C17H24N6O. The zero-order valence-corrected chi connectivity index (χ0v) is 14.2. The minimum Gasteiger partial charge on any atom is -0.373 e. The molecule has 1 unspecified atom stereocenters. The number of hydrogen-bond acceptors (Lipinski definition) is 4. The normalized spacial score (nSPS) is 21.0. The fourth-order valence-corrected chi connectivity index (χ4v) is 2.72. The summed E-state index contributed by atoms with van der Waals surface area (Å²) in [6, 6.07) is 4.02. The number of rotatable bonds is 5. The second-order valence-electron chi connectivity index (χ2n) is 6.18. The maximum atomic E-state index is 5.78. The van der Waals surface area contributed by atoms with E-state index in [-0.39, 0.29) is 5.60 Å². The minimum atomic E-state index is -0.0916. The van der Waals surface area contributed by atoms with Gasteiger partial charge in [-0.05, 0) is 31.4 Å². The van der Waals surface area contributed by atoms with E-state index in [0.717, 1.165) is 43.3 Å². The number of aliphatic imine (C=N–C) groups is 1. The summed E-state index contributed by atoms with van der Waals surface area (Å²) in [6.07, 6.45) is 9.41. The first-order valence-corrected chi connectivity index (χ1v) is 8.20. The number of guanidine groups is 1. The van der Waals surface area contributed by atoms with Crippen LogP contribution < -0.4 is 10.6 Å². The Morgan fingerprint density at radius 2 is 2.33 bits per heavy atom. The first-order valence-electron chi connectivity index (χ1n) is 8.20. The highest BCUT2D eigenvalue weighted by Crippen LogP contribution is 2.23. The summed E-state index contributed by atoms with van der Waals surface area (Å²) in [4.78, 5) is 12.7. The molecule has 1 aliphatic heterocycles. The van der Waals surface area contributed by atoms with Crippen LogP contribution in [0.15, 0.2) is 42.0 Å². The third-order valence-corrected chi connectivity index (χ3v) is 4.19. The van der Waals surface area contributed by atoms with Crippen molar-refractivity contribution in [1.82, 2.24) is 25.2 Å². The lowest BCUT2D eigenvalue weighted by molar-refractivity contribution is 0.0243. The zero-order chi connectivity index (χ0) is 16.8. The van der Waals surface area contributed by atoms with Crippen molar-refractivity contribution in [3.05, 3.63) is 42.6 Å². The molecule has 0 amide bonds. The van der Waals surface area contributed by atoms with Crippen LogP contribution in [-0.2, 0) is 11.3 Å². The van der Waals surface area contributed by atoms with Gasteiger partial charge in [0, 0.05) is 45.3 Å². The molecule has 24 heavy (non-hydrogen) atoms. The summed E-state index contributed by atoms with van der Waals surface area (Å²) >= 11 is 0. The molecule has 0 aromatic carbocycles. The lowest BCUT2D eigenvalue weighted by Crippen LogP contribution is -2.45. The van der Waals surface area contributed by atoms with Crippen LogP contribution in [0.1, 0.15) is 25.3 Å². The molecule has 0 aliphatic carbocycles. The highest BCUT2D eigenvalue weighted by Gasteiger charge is 2.29. The number of hydrogen-bond donors (Lipinski definition) is 2.